The quantitative estimate of drug-likeness (QED) is 0.686. The number of carbonyl (C=O) groups excluding carboxylic acids is 1. The molecule has 0 spiro atoms. The molecule has 6 heteroatoms. The molecule has 0 N–H and O–H groups in total. The Labute approximate surface area is 139 Å². The van der Waals surface area contributed by atoms with Crippen LogP contribution in [0.4, 0.5) is 0 Å². The molecule has 2 atom stereocenters. The first kappa shape index (κ1) is 15.2. The van der Waals surface area contributed by atoms with Crippen molar-refractivity contribution in [3.05, 3.63) is 19.2 Å². The lowest BCUT2D eigenvalue weighted by Gasteiger charge is -2.43. The third-order valence-electron chi connectivity index (χ3n) is 4.15. The van der Waals surface area contributed by atoms with Crippen molar-refractivity contribution in [3.8, 4) is 0 Å². The van der Waals surface area contributed by atoms with Crippen LogP contribution in [0, 0.1) is 0 Å². The highest BCUT2D eigenvalue weighted by atomic mass is 79.9. The van der Waals surface area contributed by atoms with Crippen LogP contribution in [0.5, 0.6) is 0 Å². The maximum Gasteiger partial charge on any atom is 0.178 e. The summed E-state index contributed by atoms with van der Waals surface area (Å²) >= 11 is 8.46. The average Bonchev–Trinajstić information content (AvgIpc) is 2.78. The predicted molar refractivity (Wildman–Crippen MR) is 87.6 cm³/mol. The van der Waals surface area contributed by atoms with Gasteiger partial charge in [0.2, 0.25) is 0 Å². The molecule has 3 rings (SSSR count). The molecule has 20 heavy (non-hydrogen) atoms. The van der Waals surface area contributed by atoms with Crippen LogP contribution in [-0.2, 0) is 4.74 Å². The van der Waals surface area contributed by atoms with E-state index in [-0.39, 0.29) is 5.78 Å². The number of hydrogen-bond donors (Lipinski definition) is 0. The summed E-state index contributed by atoms with van der Waals surface area (Å²) in [4.78, 5) is 14.8. The number of nitrogens with zero attached hydrogens (tertiary/aromatic N) is 1. The summed E-state index contributed by atoms with van der Waals surface area (Å²) in [5, 5.41) is 0. The Morgan fingerprint density at radius 1 is 1.40 bits per heavy atom. The van der Waals surface area contributed by atoms with Crippen molar-refractivity contribution in [2.45, 2.75) is 37.8 Å². The van der Waals surface area contributed by atoms with Crippen LogP contribution in [0.3, 0.4) is 0 Å². The van der Waals surface area contributed by atoms with E-state index in [1.165, 1.54) is 12.8 Å². The fraction of sp³-hybridized carbons (Fsp3) is 0.643. The Kier molecular flexibility index (Phi) is 4.98. The minimum absolute atomic E-state index is 0.199. The second-order valence-corrected chi connectivity index (χ2v) is 9.14. The van der Waals surface area contributed by atoms with Crippen LogP contribution in [-0.4, -0.2) is 42.5 Å². The van der Waals surface area contributed by atoms with Crippen LogP contribution in [0.1, 0.15) is 36.0 Å². The minimum atomic E-state index is 0.199. The van der Waals surface area contributed by atoms with Gasteiger partial charge in [0, 0.05) is 18.2 Å². The summed E-state index contributed by atoms with van der Waals surface area (Å²) in [5.74, 6) is 0.199. The van der Waals surface area contributed by atoms with E-state index in [9.17, 15) is 4.79 Å². The molecule has 1 aromatic heterocycles. The summed E-state index contributed by atoms with van der Waals surface area (Å²) in [6.45, 7) is 2.13. The monoisotopic (exact) mass is 421 g/mol. The third kappa shape index (κ3) is 3.19. The first-order valence-electron chi connectivity index (χ1n) is 6.99. The Morgan fingerprint density at radius 2 is 2.20 bits per heavy atom. The third-order valence-corrected chi connectivity index (χ3v) is 6.49. The summed E-state index contributed by atoms with van der Waals surface area (Å²) in [6.07, 6.45) is 5.15. The number of thiophene rings is 1. The first-order valence-corrected chi connectivity index (χ1v) is 9.39. The van der Waals surface area contributed by atoms with Crippen molar-refractivity contribution in [3.63, 3.8) is 0 Å². The number of ketones is 1. The zero-order valence-electron chi connectivity index (χ0n) is 11.1. The van der Waals surface area contributed by atoms with Gasteiger partial charge in [-0.25, -0.2) is 0 Å². The molecule has 3 nitrogen and oxygen atoms in total. The standard InChI is InChI=1S/C14H17Br2NO2S/c15-13-7-9(14(16)20-13)11(18)8-17-5-6-19-12-4-2-1-3-10(12)17/h7,10,12H,1-6,8H2. The molecule has 1 saturated carbocycles. The van der Waals surface area contributed by atoms with Crippen LogP contribution in [0.15, 0.2) is 13.6 Å². The predicted octanol–water partition coefficient (Wildman–Crippen LogP) is 4.10. The van der Waals surface area contributed by atoms with Crippen molar-refractivity contribution in [2.24, 2.45) is 0 Å². The topological polar surface area (TPSA) is 29.5 Å². The van der Waals surface area contributed by atoms with Gasteiger partial charge in [0.1, 0.15) is 0 Å². The summed E-state index contributed by atoms with van der Waals surface area (Å²) in [7, 11) is 0. The van der Waals surface area contributed by atoms with E-state index in [1.54, 1.807) is 11.3 Å². The van der Waals surface area contributed by atoms with E-state index in [0.717, 1.165) is 39.1 Å². The number of carbonyl (C=O) groups is 1. The molecule has 2 aliphatic rings. The Hall–Kier alpha value is 0.250. The van der Waals surface area contributed by atoms with E-state index in [1.807, 2.05) is 6.07 Å². The van der Waals surface area contributed by atoms with Gasteiger partial charge in [0.25, 0.3) is 0 Å². The highest BCUT2D eigenvalue weighted by Gasteiger charge is 2.35. The van der Waals surface area contributed by atoms with Gasteiger partial charge in [0.15, 0.2) is 5.78 Å². The van der Waals surface area contributed by atoms with Crippen molar-refractivity contribution in [1.29, 1.82) is 0 Å². The van der Waals surface area contributed by atoms with Gasteiger partial charge in [-0.05, 0) is 50.8 Å². The van der Waals surface area contributed by atoms with Gasteiger partial charge in [-0.1, -0.05) is 12.8 Å². The van der Waals surface area contributed by atoms with Gasteiger partial charge >= 0.3 is 0 Å². The molecule has 0 aromatic carbocycles. The van der Waals surface area contributed by atoms with Crippen molar-refractivity contribution < 1.29 is 9.53 Å². The second-order valence-electron chi connectivity index (χ2n) is 5.39. The molecular weight excluding hydrogens is 406 g/mol. The van der Waals surface area contributed by atoms with Gasteiger partial charge in [-0.15, -0.1) is 11.3 Å². The normalized spacial score (nSPS) is 27.3. The molecular formula is C14H17Br2NO2S. The number of rotatable bonds is 3. The van der Waals surface area contributed by atoms with Crippen molar-refractivity contribution in [2.75, 3.05) is 19.7 Å². The number of hydrogen-bond acceptors (Lipinski definition) is 4. The highest BCUT2D eigenvalue weighted by Crippen LogP contribution is 2.33. The number of Topliss-reactive ketones (excluding diaryl/α,β-unsaturated/α-hetero) is 1. The lowest BCUT2D eigenvalue weighted by Crippen LogP contribution is -2.53. The van der Waals surface area contributed by atoms with E-state index in [2.05, 4.69) is 36.8 Å². The van der Waals surface area contributed by atoms with E-state index < -0.39 is 0 Å². The molecule has 0 radical (unpaired) electrons. The van der Waals surface area contributed by atoms with Gasteiger partial charge in [0.05, 0.1) is 26.8 Å². The molecule has 2 fully saturated rings. The molecule has 0 bridgehead atoms. The Morgan fingerprint density at radius 3 is 2.95 bits per heavy atom. The van der Waals surface area contributed by atoms with E-state index >= 15 is 0 Å². The molecule has 1 saturated heterocycles. The number of ether oxygens (including phenoxy) is 1. The van der Waals surface area contributed by atoms with Crippen molar-refractivity contribution >= 4 is 49.0 Å². The largest absolute Gasteiger partial charge is 0.375 e. The highest BCUT2D eigenvalue weighted by molar-refractivity contribution is 9.12. The molecule has 110 valence electrons. The summed E-state index contributed by atoms with van der Waals surface area (Å²) in [5.41, 5.74) is 0.792. The lowest BCUT2D eigenvalue weighted by atomic mass is 9.90. The number of fused-ring (bicyclic) bond motifs is 1. The maximum absolute atomic E-state index is 12.5. The van der Waals surface area contributed by atoms with Gasteiger partial charge < -0.3 is 4.74 Å². The van der Waals surface area contributed by atoms with Crippen molar-refractivity contribution in [1.82, 2.24) is 4.90 Å². The Bertz CT molecular complexity index is 503. The molecule has 1 aromatic rings. The number of morpholine rings is 1. The zero-order valence-corrected chi connectivity index (χ0v) is 15.1. The molecule has 1 aliphatic carbocycles. The minimum Gasteiger partial charge on any atom is -0.375 e. The molecule has 0 amide bonds. The molecule has 2 heterocycles. The maximum atomic E-state index is 12.5. The van der Waals surface area contributed by atoms with E-state index in [0.29, 0.717) is 18.7 Å². The second kappa shape index (κ2) is 6.57. The first-order chi connectivity index (χ1) is 9.65. The van der Waals surface area contributed by atoms with Crippen LogP contribution < -0.4 is 0 Å². The van der Waals surface area contributed by atoms with Gasteiger partial charge in [-0.3, -0.25) is 9.69 Å². The molecule has 1 aliphatic heterocycles. The van der Waals surface area contributed by atoms with Crippen LogP contribution >= 0.6 is 43.2 Å². The Balaban J connectivity index is 1.70. The SMILES string of the molecule is O=C(CN1CCOC2CCCCC21)c1cc(Br)sc1Br. The summed E-state index contributed by atoms with van der Waals surface area (Å²) in [6, 6.07) is 2.35. The van der Waals surface area contributed by atoms with Crippen LogP contribution in [0.2, 0.25) is 0 Å². The van der Waals surface area contributed by atoms with E-state index in [4.69, 9.17) is 4.74 Å². The fourth-order valence-electron chi connectivity index (χ4n) is 3.17. The fourth-order valence-corrected chi connectivity index (χ4v) is 6.03. The zero-order chi connectivity index (χ0) is 14.1. The summed E-state index contributed by atoms with van der Waals surface area (Å²) < 4.78 is 7.77. The van der Waals surface area contributed by atoms with Crippen LogP contribution in [0.25, 0.3) is 0 Å². The number of halogens is 2. The molecule has 2 unspecified atom stereocenters. The smallest absolute Gasteiger partial charge is 0.178 e. The average molecular weight is 423 g/mol. The lowest BCUT2D eigenvalue weighted by molar-refractivity contribution is -0.0846. The van der Waals surface area contributed by atoms with Gasteiger partial charge in [-0.2, -0.15) is 0 Å².